The molecule has 2 atom stereocenters. The first-order valence-corrected chi connectivity index (χ1v) is 6.70. The number of hydrogen-bond donors (Lipinski definition) is 1. The van der Waals surface area contributed by atoms with Crippen molar-refractivity contribution in [2.24, 2.45) is 5.92 Å². The number of likely N-dealkylation sites (N-methyl/N-ethyl adjacent to an activating group) is 1. The molecule has 1 aliphatic rings. The highest BCUT2D eigenvalue weighted by Crippen LogP contribution is 2.22. The summed E-state index contributed by atoms with van der Waals surface area (Å²) in [5, 5.41) is 9.09. The van der Waals surface area contributed by atoms with Crippen LogP contribution in [0.15, 0.2) is 22.8 Å². The van der Waals surface area contributed by atoms with Crippen LogP contribution < -0.4 is 0 Å². The molecule has 1 N–H and O–H groups in total. The number of rotatable bonds is 5. The van der Waals surface area contributed by atoms with Gasteiger partial charge in [0.05, 0.1) is 31.4 Å². The van der Waals surface area contributed by atoms with E-state index in [4.69, 9.17) is 9.52 Å². The maximum Gasteiger partial charge on any atom is 0.228 e. The number of nitrogens with zero attached hydrogens (tertiary/aromatic N) is 2. The van der Waals surface area contributed by atoms with Crippen LogP contribution in [0.3, 0.4) is 0 Å². The van der Waals surface area contributed by atoms with Gasteiger partial charge >= 0.3 is 0 Å². The Balaban J connectivity index is 1.96. The van der Waals surface area contributed by atoms with Crippen molar-refractivity contribution in [3.8, 4) is 0 Å². The van der Waals surface area contributed by atoms with Crippen LogP contribution in [-0.4, -0.2) is 53.0 Å². The molecule has 110 valence electrons. The van der Waals surface area contributed by atoms with E-state index in [9.17, 15) is 9.59 Å². The molecule has 20 heavy (non-hydrogen) atoms. The van der Waals surface area contributed by atoms with Gasteiger partial charge in [-0.3, -0.25) is 9.59 Å². The molecule has 2 unspecified atom stereocenters. The van der Waals surface area contributed by atoms with Crippen molar-refractivity contribution in [1.29, 1.82) is 0 Å². The Hall–Kier alpha value is -1.82. The third kappa shape index (κ3) is 3.01. The first-order chi connectivity index (χ1) is 9.52. The lowest BCUT2D eigenvalue weighted by Gasteiger charge is -2.26. The molecule has 1 fully saturated rings. The van der Waals surface area contributed by atoms with E-state index in [1.54, 1.807) is 31.2 Å². The lowest BCUT2D eigenvalue weighted by Crippen LogP contribution is -2.41. The molecule has 0 bridgehead atoms. The van der Waals surface area contributed by atoms with Crippen molar-refractivity contribution in [3.05, 3.63) is 24.2 Å². The summed E-state index contributed by atoms with van der Waals surface area (Å²) in [5.74, 6) is 0.242. The highest BCUT2D eigenvalue weighted by Gasteiger charge is 2.36. The average Bonchev–Trinajstić information content (AvgIpc) is 3.07. The minimum absolute atomic E-state index is 0.0372. The third-order valence-electron chi connectivity index (χ3n) is 3.76. The van der Waals surface area contributed by atoms with E-state index in [1.807, 2.05) is 6.07 Å². The summed E-state index contributed by atoms with van der Waals surface area (Å²) < 4.78 is 5.22. The lowest BCUT2D eigenvalue weighted by molar-refractivity contribution is -0.137. The van der Waals surface area contributed by atoms with Gasteiger partial charge in [0.15, 0.2) is 0 Å². The highest BCUT2D eigenvalue weighted by atomic mass is 16.3. The number of carbonyl (C=O) groups excluding carboxylic acids is 2. The largest absolute Gasteiger partial charge is 0.467 e. The zero-order chi connectivity index (χ0) is 14.7. The molecule has 1 saturated heterocycles. The maximum atomic E-state index is 12.3. The molecule has 2 heterocycles. The molecule has 0 aliphatic carbocycles. The first-order valence-electron chi connectivity index (χ1n) is 6.70. The number of amides is 2. The third-order valence-corrected chi connectivity index (χ3v) is 3.76. The minimum atomic E-state index is -0.337. The number of likely N-dealkylation sites (tertiary alicyclic amines) is 1. The van der Waals surface area contributed by atoms with Gasteiger partial charge < -0.3 is 19.3 Å². The Morgan fingerprint density at radius 3 is 3.00 bits per heavy atom. The van der Waals surface area contributed by atoms with Crippen molar-refractivity contribution in [2.75, 3.05) is 20.2 Å². The second-order valence-electron chi connectivity index (χ2n) is 5.24. The summed E-state index contributed by atoms with van der Waals surface area (Å²) in [6.45, 7) is 2.49. The molecule has 0 saturated carbocycles. The standard InChI is InChI=1S/C14H20N2O4/c1-10(9-17)15(2)14(19)11-6-13(18)16(7-11)8-12-4-3-5-20-12/h3-5,10-11,17H,6-9H2,1-2H3. The normalized spacial score (nSPS) is 20.2. The molecule has 6 heteroatoms. The van der Waals surface area contributed by atoms with Crippen LogP contribution in [-0.2, 0) is 16.1 Å². The van der Waals surface area contributed by atoms with Crippen molar-refractivity contribution < 1.29 is 19.1 Å². The van der Waals surface area contributed by atoms with E-state index in [1.165, 1.54) is 4.90 Å². The fourth-order valence-corrected chi connectivity index (χ4v) is 2.31. The Morgan fingerprint density at radius 1 is 1.65 bits per heavy atom. The molecule has 0 aromatic carbocycles. The summed E-state index contributed by atoms with van der Waals surface area (Å²) in [6, 6.07) is 3.34. The van der Waals surface area contributed by atoms with E-state index in [-0.39, 0.29) is 36.8 Å². The second-order valence-corrected chi connectivity index (χ2v) is 5.24. The molecule has 1 aromatic rings. The lowest BCUT2D eigenvalue weighted by atomic mass is 10.1. The Morgan fingerprint density at radius 2 is 2.40 bits per heavy atom. The average molecular weight is 280 g/mol. The molecule has 2 rings (SSSR count). The maximum absolute atomic E-state index is 12.3. The summed E-state index contributed by atoms with van der Waals surface area (Å²) in [4.78, 5) is 27.3. The highest BCUT2D eigenvalue weighted by molar-refractivity contribution is 5.89. The van der Waals surface area contributed by atoms with Gasteiger partial charge in [-0.2, -0.15) is 0 Å². The number of aliphatic hydroxyl groups excluding tert-OH is 1. The van der Waals surface area contributed by atoms with Crippen molar-refractivity contribution >= 4 is 11.8 Å². The number of furan rings is 1. The smallest absolute Gasteiger partial charge is 0.228 e. The van der Waals surface area contributed by atoms with Gasteiger partial charge in [0.1, 0.15) is 5.76 Å². The topological polar surface area (TPSA) is 74.0 Å². The molecule has 1 aromatic heterocycles. The van der Waals surface area contributed by atoms with Crippen molar-refractivity contribution in [2.45, 2.75) is 25.9 Å². The Kier molecular flexibility index (Phi) is 4.44. The molecular formula is C14H20N2O4. The first kappa shape index (κ1) is 14.6. The van der Waals surface area contributed by atoms with Crippen LogP contribution in [0.25, 0.3) is 0 Å². The van der Waals surface area contributed by atoms with Crippen LogP contribution in [0.1, 0.15) is 19.1 Å². The Labute approximate surface area is 118 Å². The van der Waals surface area contributed by atoms with Crippen LogP contribution in [0.5, 0.6) is 0 Å². The summed E-state index contributed by atoms with van der Waals surface area (Å²) in [5.41, 5.74) is 0. The van der Waals surface area contributed by atoms with Crippen LogP contribution in [0.2, 0.25) is 0 Å². The summed E-state index contributed by atoms with van der Waals surface area (Å²) in [7, 11) is 1.66. The fourth-order valence-electron chi connectivity index (χ4n) is 2.31. The summed E-state index contributed by atoms with van der Waals surface area (Å²) >= 11 is 0. The van der Waals surface area contributed by atoms with Gasteiger partial charge in [-0.05, 0) is 19.1 Å². The summed E-state index contributed by atoms with van der Waals surface area (Å²) in [6.07, 6.45) is 1.79. The van der Waals surface area contributed by atoms with Gasteiger partial charge in [0, 0.05) is 20.0 Å². The predicted octanol–water partition coefficient (Wildman–Crippen LogP) is 0.467. The molecule has 6 nitrogen and oxygen atoms in total. The zero-order valence-electron chi connectivity index (χ0n) is 11.8. The second kappa shape index (κ2) is 6.09. The van der Waals surface area contributed by atoms with Gasteiger partial charge in [-0.1, -0.05) is 0 Å². The molecule has 0 spiro atoms. The monoisotopic (exact) mass is 280 g/mol. The van der Waals surface area contributed by atoms with E-state index >= 15 is 0 Å². The number of hydrogen-bond acceptors (Lipinski definition) is 4. The SMILES string of the molecule is CC(CO)N(C)C(=O)C1CC(=O)N(Cc2ccco2)C1. The molecular weight excluding hydrogens is 260 g/mol. The van der Waals surface area contributed by atoms with Gasteiger partial charge in [-0.15, -0.1) is 0 Å². The van der Waals surface area contributed by atoms with Crippen LogP contribution in [0.4, 0.5) is 0 Å². The quantitative estimate of drug-likeness (QED) is 0.850. The van der Waals surface area contributed by atoms with E-state index < -0.39 is 0 Å². The fraction of sp³-hybridized carbons (Fsp3) is 0.571. The van der Waals surface area contributed by atoms with Crippen molar-refractivity contribution in [3.63, 3.8) is 0 Å². The molecule has 2 amide bonds. The van der Waals surface area contributed by atoms with E-state index in [0.29, 0.717) is 18.8 Å². The van der Waals surface area contributed by atoms with Crippen molar-refractivity contribution in [1.82, 2.24) is 9.80 Å². The van der Waals surface area contributed by atoms with E-state index in [0.717, 1.165) is 0 Å². The number of aliphatic hydroxyl groups is 1. The Bertz CT molecular complexity index is 472. The van der Waals surface area contributed by atoms with Gasteiger partial charge in [0.2, 0.25) is 11.8 Å². The van der Waals surface area contributed by atoms with Crippen LogP contribution in [0, 0.1) is 5.92 Å². The van der Waals surface area contributed by atoms with Gasteiger partial charge in [0.25, 0.3) is 0 Å². The van der Waals surface area contributed by atoms with E-state index in [2.05, 4.69) is 0 Å². The zero-order valence-corrected chi connectivity index (χ0v) is 11.8. The molecule has 1 aliphatic heterocycles. The van der Waals surface area contributed by atoms with Gasteiger partial charge in [-0.25, -0.2) is 0 Å². The number of carbonyl (C=O) groups is 2. The van der Waals surface area contributed by atoms with Crippen LogP contribution >= 0.6 is 0 Å². The predicted molar refractivity (Wildman–Crippen MR) is 71.5 cm³/mol. The molecule has 0 radical (unpaired) electrons. The minimum Gasteiger partial charge on any atom is -0.467 e.